The first-order valence-corrected chi connectivity index (χ1v) is 8.31. The van der Waals surface area contributed by atoms with Crippen LogP contribution in [0.15, 0.2) is 22.7 Å². The van der Waals surface area contributed by atoms with Crippen LogP contribution in [0.1, 0.15) is 25.3 Å². The van der Waals surface area contributed by atoms with Gasteiger partial charge in [0.05, 0.1) is 0 Å². The van der Waals surface area contributed by atoms with Gasteiger partial charge in [-0.1, -0.05) is 28.9 Å². The lowest BCUT2D eigenvalue weighted by Crippen LogP contribution is -2.42. The first kappa shape index (κ1) is 15.8. The van der Waals surface area contributed by atoms with Crippen molar-refractivity contribution in [2.45, 2.75) is 32.4 Å². The van der Waals surface area contributed by atoms with Crippen LogP contribution >= 0.6 is 15.9 Å². The zero-order valence-electron chi connectivity index (χ0n) is 12.8. The molecular weight excluding hydrogens is 314 g/mol. The highest BCUT2D eigenvalue weighted by Gasteiger charge is 2.21. The molecule has 1 aromatic carbocycles. The molecule has 1 heterocycles. The van der Waals surface area contributed by atoms with E-state index in [2.05, 4.69) is 70.3 Å². The lowest BCUT2D eigenvalue weighted by atomic mass is 10.0. The van der Waals surface area contributed by atoms with Gasteiger partial charge in [-0.3, -0.25) is 0 Å². The van der Waals surface area contributed by atoms with Crippen LogP contribution in [0.3, 0.4) is 0 Å². The molecule has 1 fully saturated rings. The minimum Gasteiger partial charge on any atom is -0.371 e. The van der Waals surface area contributed by atoms with Crippen LogP contribution in [0, 0.1) is 0 Å². The predicted octanol–water partition coefficient (Wildman–Crippen LogP) is 3.09. The van der Waals surface area contributed by atoms with Gasteiger partial charge in [0.15, 0.2) is 0 Å². The highest BCUT2D eigenvalue weighted by Crippen LogP contribution is 2.27. The molecule has 0 bridgehead atoms. The molecule has 112 valence electrons. The van der Waals surface area contributed by atoms with Gasteiger partial charge >= 0.3 is 0 Å². The molecule has 3 nitrogen and oxygen atoms in total. The van der Waals surface area contributed by atoms with Gasteiger partial charge in [-0.25, -0.2) is 0 Å². The topological polar surface area (TPSA) is 18.5 Å². The van der Waals surface area contributed by atoms with Crippen LogP contribution in [0.25, 0.3) is 0 Å². The predicted molar refractivity (Wildman–Crippen MR) is 90.4 cm³/mol. The van der Waals surface area contributed by atoms with Crippen LogP contribution in [-0.2, 0) is 6.54 Å². The molecule has 0 aromatic heterocycles. The summed E-state index contributed by atoms with van der Waals surface area (Å²) in [6.07, 6.45) is 2.51. The number of likely N-dealkylation sites (tertiary alicyclic amines) is 1. The van der Waals surface area contributed by atoms with E-state index in [1.807, 2.05) is 0 Å². The summed E-state index contributed by atoms with van der Waals surface area (Å²) in [5.74, 6) is 0. The Bertz CT molecular complexity index is 428. The fraction of sp³-hybridized carbons (Fsp3) is 0.625. The minimum absolute atomic E-state index is 0.665. The van der Waals surface area contributed by atoms with Crippen molar-refractivity contribution in [1.29, 1.82) is 0 Å². The Labute approximate surface area is 131 Å². The van der Waals surface area contributed by atoms with Gasteiger partial charge in [-0.15, -0.1) is 0 Å². The SMILES string of the molecule is CCNCc1ccc(N(C)C2CCN(C)CC2)cc1Br. The van der Waals surface area contributed by atoms with E-state index in [4.69, 9.17) is 0 Å². The Hall–Kier alpha value is -0.580. The standard InChI is InChI=1S/C16H26BrN3/c1-4-18-12-13-5-6-15(11-16(13)17)20(3)14-7-9-19(2)10-8-14/h5-6,11,14,18H,4,7-10,12H2,1-3H3. The molecule has 1 N–H and O–H groups in total. The molecule has 1 aliphatic heterocycles. The van der Waals surface area contributed by atoms with Crippen LogP contribution < -0.4 is 10.2 Å². The van der Waals surface area contributed by atoms with E-state index < -0.39 is 0 Å². The van der Waals surface area contributed by atoms with Crippen molar-refractivity contribution >= 4 is 21.6 Å². The Kier molecular flexibility index (Phi) is 5.87. The number of rotatable bonds is 5. The molecule has 0 aliphatic carbocycles. The maximum Gasteiger partial charge on any atom is 0.0377 e. The van der Waals surface area contributed by atoms with Crippen molar-refractivity contribution in [3.8, 4) is 0 Å². The van der Waals surface area contributed by atoms with Gasteiger partial charge in [0.25, 0.3) is 0 Å². The summed E-state index contributed by atoms with van der Waals surface area (Å²) in [6, 6.07) is 7.39. The molecule has 0 atom stereocenters. The summed E-state index contributed by atoms with van der Waals surface area (Å²) < 4.78 is 1.20. The van der Waals surface area contributed by atoms with E-state index in [1.165, 1.54) is 41.7 Å². The zero-order valence-corrected chi connectivity index (χ0v) is 14.4. The Balaban J connectivity index is 2.03. The summed E-state index contributed by atoms with van der Waals surface area (Å²) in [4.78, 5) is 4.86. The molecule has 2 rings (SSSR count). The summed E-state index contributed by atoms with van der Waals surface area (Å²) in [6.45, 7) is 6.47. The number of nitrogens with one attached hydrogen (secondary N) is 1. The maximum atomic E-state index is 3.70. The largest absolute Gasteiger partial charge is 0.371 e. The highest BCUT2D eigenvalue weighted by atomic mass is 79.9. The van der Waals surface area contributed by atoms with Crippen LogP contribution in [0.5, 0.6) is 0 Å². The summed E-state index contributed by atoms with van der Waals surface area (Å²) >= 11 is 3.70. The third-order valence-electron chi connectivity index (χ3n) is 4.25. The second-order valence-electron chi connectivity index (χ2n) is 5.70. The average molecular weight is 340 g/mol. The second kappa shape index (κ2) is 7.43. The van der Waals surface area contributed by atoms with Crippen molar-refractivity contribution in [1.82, 2.24) is 10.2 Å². The average Bonchev–Trinajstić information content (AvgIpc) is 2.46. The molecule has 0 spiro atoms. The molecule has 0 amide bonds. The Morgan fingerprint density at radius 2 is 2.05 bits per heavy atom. The minimum atomic E-state index is 0.665. The number of piperidine rings is 1. The van der Waals surface area contributed by atoms with E-state index in [0.717, 1.165) is 13.1 Å². The molecule has 0 saturated carbocycles. The summed E-state index contributed by atoms with van der Waals surface area (Å²) in [5, 5.41) is 3.37. The van der Waals surface area contributed by atoms with Gasteiger partial charge in [0, 0.05) is 29.8 Å². The van der Waals surface area contributed by atoms with Crippen molar-refractivity contribution in [3.63, 3.8) is 0 Å². The van der Waals surface area contributed by atoms with Crippen LogP contribution in [-0.4, -0.2) is 44.7 Å². The van der Waals surface area contributed by atoms with Crippen molar-refractivity contribution in [2.75, 3.05) is 38.6 Å². The van der Waals surface area contributed by atoms with Gasteiger partial charge in [-0.2, -0.15) is 0 Å². The number of nitrogens with zero attached hydrogens (tertiary/aromatic N) is 2. The molecule has 0 unspecified atom stereocenters. The third-order valence-corrected chi connectivity index (χ3v) is 4.98. The van der Waals surface area contributed by atoms with Crippen molar-refractivity contribution in [3.05, 3.63) is 28.2 Å². The molecular formula is C16H26BrN3. The molecule has 20 heavy (non-hydrogen) atoms. The van der Waals surface area contributed by atoms with E-state index in [9.17, 15) is 0 Å². The van der Waals surface area contributed by atoms with Gasteiger partial charge in [-0.05, 0) is 57.2 Å². The molecule has 1 aliphatic rings. The Morgan fingerprint density at radius 1 is 1.35 bits per heavy atom. The van der Waals surface area contributed by atoms with E-state index >= 15 is 0 Å². The van der Waals surface area contributed by atoms with E-state index in [0.29, 0.717) is 6.04 Å². The van der Waals surface area contributed by atoms with Gasteiger partial charge < -0.3 is 15.1 Å². The monoisotopic (exact) mass is 339 g/mol. The molecule has 4 heteroatoms. The van der Waals surface area contributed by atoms with E-state index in [-0.39, 0.29) is 0 Å². The number of anilines is 1. The summed E-state index contributed by atoms with van der Waals surface area (Å²) in [5.41, 5.74) is 2.64. The smallest absolute Gasteiger partial charge is 0.0377 e. The van der Waals surface area contributed by atoms with Gasteiger partial charge in [0.1, 0.15) is 0 Å². The van der Waals surface area contributed by atoms with Crippen LogP contribution in [0.4, 0.5) is 5.69 Å². The summed E-state index contributed by atoms with van der Waals surface area (Å²) in [7, 11) is 4.43. The Morgan fingerprint density at radius 3 is 2.65 bits per heavy atom. The molecule has 1 saturated heterocycles. The fourth-order valence-corrected chi connectivity index (χ4v) is 3.26. The zero-order chi connectivity index (χ0) is 14.5. The normalized spacial score (nSPS) is 17.4. The van der Waals surface area contributed by atoms with Crippen molar-refractivity contribution in [2.24, 2.45) is 0 Å². The number of hydrogen-bond donors (Lipinski definition) is 1. The molecule has 1 aromatic rings. The first-order chi connectivity index (χ1) is 9.61. The van der Waals surface area contributed by atoms with E-state index in [1.54, 1.807) is 0 Å². The highest BCUT2D eigenvalue weighted by molar-refractivity contribution is 9.10. The number of benzene rings is 1. The lowest BCUT2D eigenvalue weighted by Gasteiger charge is -2.36. The fourth-order valence-electron chi connectivity index (χ4n) is 2.75. The lowest BCUT2D eigenvalue weighted by molar-refractivity contribution is 0.253. The quantitative estimate of drug-likeness (QED) is 0.889. The number of halogens is 1. The van der Waals surface area contributed by atoms with Crippen LogP contribution in [0.2, 0.25) is 0 Å². The van der Waals surface area contributed by atoms with Gasteiger partial charge in [0.2, 0.25) is 0 Å². The molecule has 0 radical (unpaired) electrons. The number of hydrogen-bond acceptors (Lipinski definition) is 3. The second-order valence-corrected chi connectivity index (χ2v) is 6.56. The van der Waals surface area contributed by atoms with Crippen molar-refractivity contribution < 1.29 is 0 Å². The third kappa shape index (κ3) is 3.96. The maximum absolute atomic E-state index is 3.70. The first-order valence-electron chi connectivity index (χ1n) is 7.52.